The van der Waals surface area contributed by atoms with Crippen molar-refractivity contribution in [3.05, 3.63) is 59.7 Å². The summed E-state index contributed by atoms with van der Waals surface area (Å²) in [6.07, 6.45) is 4.47. The third-order valence-corrected chi connectivity index (χ3v) is 5.81. The lowest BCUT2D eigenvalue weighted by Crippen LogP contribution is -2.47. The van der Waals surface area contributed by atoms with Gasteiger partial charge >= 0.3 is 5.97 Å². The first-order valence-corrected chi connectivity index (χ1v) is 11.2. The largest absolute Gasteiger partial charge is 0.494 e. The number of nitrogens with one attached hydrogen (secondary N) is 2. The van der Waals surface area contributed by atoms with Crippen molar-refractivity contribution in [1.82, 2.24) is 14.9 Å². The summed E-state index contributed by atoms with van der Waals surface area (Å²) in [7, 11) is 1.49. The number of morpholine rings is 1. The van der Waals surface area contributed by atoms with Crippen molar-refractivity contribution in [3.8, 4) is 5.75 Å². The van der Waals surface area contributed by atoms with Crippen molar-refractivity contribution in [2.45, 2.75) is 13.0 Å². The van der Waals surface area contributed by atoms with Crippen LogP contribution in [0.15, 0.2) is 48.8 Å². The van der Waals surface area contributed by atoms with Crippen LogP contribution in [0.5, 0.6) is 5.75 Å². The predicted molar refractivity (Wildman–Crippen MR) is 131 cm³/mol. The van der Waals surface area contributed by atoms with Gasteiger partial charge in [0.1, 0.15) is 36.4 Å². The highest BCUT2D eigenvalue weighted by Gasteiger charge is 2.26. The number of anilines is 3. The molecule has 0 aliphatic carbocycles. The summed E-state index contributed by atoms with van der Waals surface area (Å²) in [6, 6.07) is 7.25. The summed E-state index contributed by atoms with van der Waals surface area (Å²) in [5, 5.41) is 6.49. The molecule has 2 N–H and O–H groups in total. The molecule has 4 rings (SSSR count). The Balaban J connectivity index is 1.53. The highest BCUT2D eigenvalue weighted by atomic mass is 35.5. The van der Waals surface area contributed by atoms with Gasteiger partial charge < -0.3 is 20.1 Å². The van der Waals surface area contributed by atoms with Crippen LogP contribution in [0.2, 0.25) is 5.02 Å². The maximum atomic E-state index is 13.5. The zero-order valence-electron chi connectivity index (χ0n) is 19.0. The number of hydrogen-bond donors (Lipinski definition) is 2. The summed E-state index contributed by atoms with van der Waals surface area (Å²) in [6.45, 7) is 3.14. The molecule has 1 fully saturated rings. The van der Waals surface area contributed by atoms with E-state index in [9.17, 15) is 14.0 Å². The summed E-state index contributed by atoms with van der Waals surface area (Å²) in [4.78, 5) is 34.7. The molecule has 1 aromatic heterocycles. The van der Waals surface area contributed by atoms with Gasteiger partial charge in [0.25, 0.3) is 0 Å². The summed E-state index contributed by atoms with van der Waals surface area (Å²) in [5.41, 5.74) is 1.53. The maximum Gasteiger partial charge on any atom is 0.323 e. The lowest BCUT2D eigenvalue weighted by Gasteiger charge is -2.30. The number of rotatable bonds is 7. The molecule has 1 aliphatic heterocycles. The zero-order chi connectivity index (χ0) is 24.9. The number of cyclic esters (lactones) is 1. The number of ether oxygens (including phenoxy) is 2. The number of carbonyl (C=O) groups is 2. The zero-order valence-corrected chi connectivity index (χ0v) is 19.8. The number of benzene rings is 2. The Morgan fingerprint density at radius 3 is 2.94 bits per heavy atom. The monoisotopic (exact) mass is 499 g/mol. The molecule has 35 heavy (non-hydrogen) atoms. The lowest BCUT2D eigenvalue weighted by molar-refractivity contribution is -0.155. The molecule has 0 unspecified atom stereocenters. The number of methoxy groups -OCH3 is 1. The Morgan fingerprint density at radius 2 is 2.17 bits per heavy atom. The van der Waals surface area contributed by atoms with E-state index in [1.165, 1.54) is 37.7 Å². The standard InChI is InChI=1S/C24H23ClFN5O4/c1-14-24(33)35-9-8-31(14)7-3-4-22(32)30-20-11-16-19(12-21(20)34-2)27-13-28-23(16)29-15-5-6-18(26)17(25)10-15/h3-6,10-14H,7-9H2,1-2H3,(H,30,32)(H,27,28,29)/t14-/m0/s1. The number of carbonyl (C=O) groups excluding carboxylic acids is 2. The number of esters is 1. The molecule has 2 aromatic carbocycles. The Hall–Kier alpha value is -3.76. The minimum atomic E-state index is -0.526. The van der Waals surface area contributed by atoms with E-state index in [1.807, 2.05) is 4.90 Å². The molecule has 1 aliphatic rings. The van der Waals surface area contributed by atoms with E-state index in [-0.39, 0.29) is 22.9 Å². The second-order valence-corrected chi connectivity index (χ2v) is 8.18. The normalized spacial score (nSPS) is 16.3. The quantitative estimate of drug-likeness (QED) is 0.372. The van der Waals surface area contributed by atoms with Crippen molar-refractivity contribution >= 4 is 51.6 Å². The fourth-order valence-electron chi connectivity index (χ4n) is 3.61. The van der Waals surface area contributed by atoms with Gasteiger partial charge in [0.2, 0.25) is 5.91 Å². The highest BCUT2D eigenvalue weighted by molar-refractivity contribution is 6.31. The molecule has 0 bridgehead atoms. The van der Waals surface area contributed by atoms with Crippen LogP contribution in [0.25, 0.3) is 10.9 Å². The van der Waals surface area contributed by atoms with Crippen LogP contribution in [-0.4, -0.2) is 59.6 Å². The lowest BCUT2D eigenvalue weighted by atomic mass is 10.1. The van der Waals surface area contributed by atoms with Gasteiger partial charge in [0, 0.05) is 36.3 Å². The van der Waals surface area contributed by atoms with Gasteiger partial charge in [-0.1, -0.05) is 17.7 Å². The van der Waals surface area contributed by atoms with Crippen LogP contribution in [0.3, 0.4) is 0 Å². The fraction of sp³-hybridized carbons (Fsp3) is 0.250. The van der Waals surface area contributed by atoms with E-state index in [0.29, 0.717) is 53.5 Å². The van der Waals surface area contributed by atoms with Crippen molar-refractivity contribution in [3.63, 3.8) is 0 Å². The van der Waals surface area contributed by atoms with Gasteiger partial charge in [-0.25, -0.2) is 14.4 Å². The number of nitrogens with zero attached hydrogens (tertiary/aromatic N) is 3. The van der Waals surface area contributed by atoms with E-state index >= 15 is 0 Å². The number of hydrogen-bond acceptors (Lipinski definition) is 8. The third kappa shape index (κ3) is 5.67. The molecular weight excluding hydrogens is 477 g/mol. The van der Waals surface area contributed by atoms with Crippen molar-refractivity contribution in [2.24, 2.45) is 0 Å². The van der Waals surface area contributed by atoms with E-state index in [4.69, 9.17) is 21.1 Å². The fourth-order valence-corrected chi connectivity index (χ4v) is 3.79. The van der Waals surface area contributed by atoms with Crippen LogP contribution in [0.1, 0.15) is 6.92 Å². The molecule has 11 heteroatoms. The number of amides is 1. The third-order valence-electron chi connectivity index (χ3n) is 5.52. The van der Waals surface area contributed by atoms with Crippen LogP contribution in [-0.2, 0) is 14.3 Å². The summed E-state index contributed by atoms with van der Waals surface area (Å²) >= 11 is 5.88. The van der Waals surface area contributed by atoms with Gasteiger partial charge in [0.15, 0.2) is 0 Å². The molecule has 0 radical (unpaired) electrons. The van der Waals surface area contributed by atoms with Crippen LogP contribution < -0.4 is 15.4 Å². The highest BCUT2D eigenvalue weighted by Crippen LogP contribution is 2.33. The van der Waals surface area contributed by atoms with E-state index in [1.54, 1.807) is 25.1 Å². The van der Waals surface area contributed by atoms with Crippen molar-refractivity contribution in [1.29, 1.82) is 0 Å². The van der Waals surface area contributed by atoms with Crippen molar-refractivity contribution in [2.75, 3.05) is 37.4 Å². The smallest absolute Gasteiger partial charge is 0.323 e. The number of aromatic nitrogens is 2. The van der Waals surface area contributed by atoms with Crippen molar-refractivity contribution < 1.29 is 23.5 Å². The SMILES string of the molecule is COc1cc2ncnc(Nc3ccc(F)c(Cl)c3)c2cc1NC(=O)C=CCN1CCOC(=O)[C@@H]1C. The first-order valence-electron chi connectivity index (χ1n) is 10.8. The molecule has 0 saturated carbocycles. The topological polar surface area (TPSA) is 106 Å². The molecule has 0 spiro atoms. The minimum absolute atomic E-state index is 0.0226. The number of halogens is 2. The van der Waals surface area contributed by atoms with Crippen LogP contribution in [0.4, 0.5) is 21.6 Å². The second-order valence-electron chi connectivity index (χ2n) is 7.78. The Bertz CT molecular complexity index is 1300. The van der Waals surface area contributed by atoms with E-state index < -0.39 is 5.82 Å². The van der Waals surface area contributed by atoms with Crippen LogP contribution in [0, 0.1) is 5.82 Å². The van der Waals surface area contributed by atoms with E-state index in [2.05, 4.69) is 20.6 Å². The first-order chi connectivity index (χ1) is 16.9. The first kappa shape index (κ1) is 24.4. The van der Waals surface area contributed by atoms with Gasteiger partial charge in [-0.3, -0.25) is 14.5 Å². The van der Waals surface area contributed by atoms with Gasteiger partial charge in [-0.05, 0) is 31.2 Å². The van der Waals surface area contributed by atoms with Crippen LogP contribution >= 0.6 is 11.6 Å². The Labute approximate surface area is 205 Å². The average molecular weight is 500 g/mol. The molecule has 1 amide bonds. The molecule has 2 heterocycles. The molecule has 1 saturated heterocycles. The molecular formula is C24H23ClFN5O4. The number of fused-ring (bicyclic) bond motifs is 1. The molecule has 3 aromatic rings. The van der Waals surface area contributed by atoms with Gasteiger partial charge in [0.05, 0.1) is 23.3 Å². The van der Waals surface area contributed by atoms with Gasteiger partial charge in [-0.15, -0.1) is 0 Å². The van der Waals surface area contributed by atoms with Gasteiger partial charge in [-0.2, -0.15) is 0 Å². The Morgan fingerprint density at radius 1 is 1.34 bits per heavy atom. The average Bonchev–Trinajstić information content (AvgIpc) is 2.84. The molecule has 9 nitrogen and oxygen atoms in total. The second kappa shape index (κ2) is 10.7. The molecule has 182 valence electrons. The maximum absolute atomic E-state index is 13.5. The summed E-state index contributed by atoms with van der Waals surface area (Å²) < 4.78 is 23.9. The summed E-state index contributed by atoms with van der Waals surface area (Å²) in [5.74, 6) is -0.309. The predicted octanol–water partition coefficient (Wildman–Crippen LogP) is 3.92. The minimum Gasteiger partial charge on any atom is -0.494 e. The Kier molecular flexibility index (Phi) is 7.42. The van der Waals surface area contributed by atoms with E-state index in [0.717, 1.165) is 0 Å². The molecule has 1 atom stereocenters.